The monoisotopic (exact) mass is 220 g/mol. The maximum atomic E-state index is 13.3. The fourth-order valence-corrected chi connectivity index (χ4v) is 1.21. The van der Waals surface area contributed by atoms with Crippen molar-refractivity contribution in [3.8, 4) is 0 Å². The standard InChI is InChI=1S/C9H7ClF2O2/c1-14-8(13)9(11,12)6-4-2-3-5-7(6)10/h2-5H,1H3. The first-order chi connectivity index (χ1) is 6.50. The molecule has 2 nitrogen and oxygen atoms in total. The summed E-state index contributed by atoms with van der Waals surface area (Å²) < 4.78 is 30.5. The van der Waals surface area contributed by atoms with Crippen LogP contribution in [0.2, 0.25) is 5.02 Å². The second-order valence-corrected chi connectivity index (χ2v) is 2.95. The van der Waals surface area contributed by atoms with Crippen molar-refractivity contribution in [1.29, 1.82) is 0 Å². The summed E-state index contributed by atoms with van der Waals surface area (Å²) in [5, 5.41) is -0.164. The normalized spacial score (nSPS) is 11.1. The fourth-order valence-electron chi connectivity index (χ4n) is 0.954. The highest BCUT2D eigenvalue weighted by Gasteiger charge is 2.43. The number of esters is 1. The van der Waals surface area contributed by atoms with Gasteiger partial charge in [0.25, 0.3) is 0 Å². The van der Waals surface area contributed by atoms with Crippen molar-refractivity contribution >= 4 is 17.6 Å². The molecule has 0 unspecified atom stereocenters. The van der Waals surface area contributed by atoms with Gasteiger partial charge in [-0.1, -0.05) is 29.8 Å². The van der Waals surface area contributed by atoms with Crippen molar-refractivity contribution in [2.24, 2.45) is 0 Å². The van der Waals surface area contributed by atoms with Crippen LogP contribution in [-0.4, -0.2) is 13.1 Å². The quantitative estimate of drug-likeness (QED) is 0.716. The smallest absolute Gasteiger partial charge is 0.381 e. The average Bonchev–Trinajstić information content (AvgIpc) is 2.17. The van der Waals surface area contributed by atoms with E-state index in [9.17, 15) is 13.6 Å². The topological polar surface area (TPSA) is 26.3 Å². The number of carbonyl (C=O) groups is 1. The lowest BCUT2D eigenvalue weighted by Gasteiger charge is -2.14. The summed E-state index contributed by atoms with van der Waals surface area (Å²) in [5.41, 5.74) is -0.548. The number of hydrogen-bond donors (Lipinski definition) is 0. The Labute approximate surface area is 84.4 Å². The zero-order chi connectivity index (χ0) is 10.8. The van der Waals surface area contributed by atoms with Gasteiger partial charge in [0.2, 0.25) is 0 Å². The van der Waals surface area contributed by atoms with Crippen molar-refractivity contribution in [3.05, 3.63) is 34.9 Å². The predicted octanol–water partition coefficient (Wildman–Crippen LogP) is 2.60. The van der Waals surface area contributed by atoms with Crippen LogP contribution >= 0.6 is 11.6 Å². The maximum Gasteiger partial charge on any atom is 0.381 e. The van der Waals surface area contributed by atoms with Crippen molar-refractivity contribution in [3.63, 3.8) is 0 Å². The molecule has 0 N–H and O–H groups in total. The molecule has 0 atom stereocenters. The van der Waals surface area contributed by atoms with E-state index in [0.29, 0.717) is 0 Å². The molecule has 5 heteroatoms. The number of rotatable bonds is 2. The number of halogens is 3. The van der Waals surface area contributed by atoms with Gasteiger partial charge in [0.1, 0.15) is 0 Å². The molecule has 0 bridgehead atoms. The minimum absolute atomic E-state index is 0.164. The lowest BCUT2D eigenvalue weighted by molar-refractivity contribution is -0.170. The molecule has 0 spiro atoms. The van der Waals surface area contributed by atoms with Crippen LogP contribution in [0, 0.1) is 0 Å². The van der Waals surface area contributed by atoms with Crippen molar-refractivity contribution in [2.75, 3.05) is 7.11 Å². The molecule has 0 aliphatic heterocycles. The molecule has 14 heavy (non-hydrogen) atoms. The highest BCUT2D eigenvalue weighted by molar-refractivity contribution is 6.31. The number of alkyl halides is 2. The van der Waals surface area contributed by atoms with Gasteiger partial charge < -0.3 is 4.74 Å². The lowest BCUT2D eigenvalue weighted by Crippen LogP contribution is -2.27. The van der Waals surface area contributed by atoms with E-state index < -0.39 is 17.5 Å². The number of hydrogen-bond acceptors (Lipinski definition) is 2. The van der Waals surface area contributed by atoms with Crippen LogP contribution in [-0.2, 0) is 15.5 Å². The second-order valence-electron chi connectivity index (χ2n) is 2.55. The molecule has 1 aromatic carbocycles. The molecule has 1 aromatic rings. The Morgan fingerprint density at radius 3 is 2.50 bits per heavy atom. The number of benzene rings is 1. The largest absolute Gasteiger partial charge is 0.464 e. The summed E-state index contributed by atoms with van der Waals surface area (Å²) in [7, 11) is 0.896. The zero-order valence-corrected chi connectivity index (χ0v) is 8.02. The minimum atomic E-state index is -3.70. The van der Waals surface area contributed by atoms with E-state index >= 15 is 0 Å². The third kappa shape index (κ3) is 1.85. The highest BCUT2D eigenvalue weighted by Crippen LogP contribution is 2.33. The summed E-state index contributed by atoms with van der Waals surface area (Å²) >= 11 is 5.52. The van der Waals surface area contributed by atoms with Crippen molar-refractivity contribution < 1.29 is 18.3 Å². The Morgan fingerprint density at radius 2 is 2.00 bits per heavy atom. The molecule has 0 saturated carbocycles. The molecule has 0 amide bonds. The summed E-state index contributed by atoms with van der Waals surface area (Å²) in [6.07, 6.45) is 0. The van der Waals surface area contributed by atoms with E-state index in [1.807, 2.05) is 0 Å². The molecule has 0 aromatic heterocycles. The molecule has 0 radical (unpaired) electrons. The Kier molecular flexibility index (Phi) is 3.06. The van der Waals surface area contributed by atoms with Gasteiger partial charge >= 0.3 is 11.9 Å². The van der Waals surface area contributed by atoms with Crippen LogP contribution in [0.25, 0.3) is 0 Å². The van der Waals surface area contributed by atoms with Crippen LogP contribution in [0.3, 0.4) is 0 Å². The molecule has 0 fully saturated rings. The molecule has 0 aliphatic carbocycles. The average molecular weight is 221 g/mol. The number of carbonyl (C=O) groups excluding carboxylic acids is 1. The van der Waals surface area contributed by atoms with Gasteiger partial charge in [-0.25, -0.2) is 4.79 Å². The van der Waals surface area contributed by atoms with Crippen LogP contribution in [0.1, 0.15) is 5.56 Å². The second kappa shape index (κ2) is 3.92. The predicted molar refractivity (Wildman–Crippen MR) is 47.4 cm³/mol. The van der Waals surface area contributed by atoms with Crippen molar-refractivity contribution in [2.45, 2.75) is 5.92 Å². The summed E-state index contributed by atoms with van der Waals surface area (Å²) in [6.45, 7) is 0. The van der Waals surface area contributed by atoms with Gasteiger partial charge in [-0.2, -0.15) is 8.78 Å². The molecule has 1 rings (SSSR count). The first-order valence-electron chi connectivity index (χ1n) is 3.71. The zero-order valence-electron chi connectivity index (χ0n) is 7.26. The summed E-state index contributed by atoms with van der Waals surface area (Å²) in [5.74, 6) is -5.32. The lowest BCUT2D eigenvalue weighted by atomic mass is 10.1. The van der Waals surface area contributed by atoms with Crippen LogP contribution < -0.4 is 0 Å². The van der Waals surface area contributed by atoms with E-state index in [-0.39, 0.29) is 5.02 Å². The fraction of sp³-hybridized carbons (Fsp3) is 0.222. The number of methoxy groups -OCH3 is 1. The molecular weight excluding hydrogens is 214 g/mol. The van der Waals surface area contributed by atoms with E-state index in [2.05, 4.69) is 4.74 Å². The van der Waals surface area contributed by atoms with Crippen LogP contribution in [0.5, 0.6) is 0 Å². The van der Waals surface area contributed by atoms with Crippen LogP contribution in [0.15, 0.2) is 24.3 Å². The summed E-state index contributed by atoms with van der Waals surface area (Å²) in [4.78, 5) is 10.8. The van der Waals surface area contributed by atoms with Gasteiger partial charge in [-0.15, -0.1) is 0 Å². The SMILES string of the molecule is COC(=O)C(F)(F)c1ccccc1Cl. The van der Waals surface area contributed by atoms with Gasteiger partial charge in [-0.3, -0.25) is 0 Å². The third-order valence-electron chi connectivity index (χ3n) is 1.65. The molecule has 76 valence electrons. The third-order valence-corrected chi connectivity index (χ3v) is 1.98. The van der Waals surface area contributed by atoms with Gasteiger partial charge in [0.05, 0.1) is 17.7 Å². The van der Waals surface area contributed by atoms with Gasteiger partial charge in [0, 0.05) is 0 Å². The van der Waals surface area contributed by atoms with E-state index in [1.54, 1.807) is 0 Å². The number of ether oxygens (including phenoxy) is 1. The highest BCUT2D eigenvalue weighted by atomic mass is 35.5. The first-order valence-corrected chi connectivity index (χ1v) is 4.09. The Bertz CT molecular complexity index is 352. The van der Waals surface area contributed by atoms with Gasteiger partial charge in [-0.05, 0) is 6.07 Å². The molecular formula is C9H7ClF2O2. The van der Waals surface area contributed by atoms with E-state index in [4.69, 9.17) is 11.6 Å². The first kappa shape index (κ1) is 10.9. The Morgan fingerprint density at radius 1 is 1.43 bits per heavy atom. The van der Waals surface area contributed by atoms with Crippen LogP contribution in [0.4, 0.5) is 8.78 Å². The maximum absolute atomic E-state index is 13.3. The molecule has 0 aliphatic rings. The minimum Gasteiger partial charge on any atom is -0.464 e. The molecule has 0 heterocycles. The Balaban J connectivity index is 3.16. The van der Waals surface area contributed by atoms with E-state index in [1.165, 1.54) is 18.2 Å². The van der Waals surface area contributed by atoms with Gasteiger partial charge in [0.15, 0.2) is 0 Å². The molecule has 0 saturated heterocycles. The van der Waals surface area contributed by atoms with Crippen molar-refractivity contribution in [1.82, 2.24) is 0 Å². The Hall–Kier alpha value is -1.16. The van der Waals surface area contributed by atoms with E-state index in [0.717, 1.165) is 13.2 Å². The summed E-state index contributed by atoms with van der Waals surface area (Å²) in [6, 6.07) is 5.24.